The SMILES string of the molecule is c1ccc(-c2nc(-c3ccccc3-c3c(-c4ccccc4)c(-c4ccccc4)c(-c4ccccc4)c(-c4ccccc4)c3-c3ccccc3)nc(-c3cccc4ccccc34)n2)cc1. The molecule has 0 bridgehead atoms. The average Bonchev–Trinajstić information content (AvgIpc) is 3.39. The second-order valence-electron chi connectivity index (χ2n) is 15.8. The number of aromatic nitrogens is 3. The molecule has 3 heteroatoms. The zero-order chi connectivity index (χ0) is 42.7. The van der Waals surface area contributed by atoms with Crippen LogP contribution in [0.3, 0.4) is 0 Å². The Morgan fingerprint density at radius 1 is 0.188 bits per heavy atom. The lowest BCUT2D eigenvalue weighted by Crippen LogP contribution is -2.04. The highest BCUT2D eigenvalue weighted by Crippen LogP contribution is 2.56. The van der Waals surface area contributed by atoms with E-state index in [1.807, 2.05) is 18.2 Å². The number of hydrogen-bond donors (Lipinski definition) is 0. The van der Waals surface area contributed by atoms with Crippen LogP contribution < -0.4 is 0 Å². The van der Waals surface area contributed by atoms with Gasteiger partial charge in [-0.25, -0.2) is 15.0 Å². The highest BCUT2D eigenvalue weighted by Gasteiger charge is 2.30. The van der Waals surface area contributed by atoms with Gasteiger partial charge in [0.2, 0.25) is 0 Å². The minimum absolute atomic E-state index is 0.597. The first-order chi connectivity index (χ1) is 31.8. The van der Waals surface area contributed by atoms with E-state index >= 15 is 0 Å². The van der Waals surface area contributed by atoms with Crippen LogP contribution in [0.4, 0.5) is 0 Å². The molecule has 300 valence electrons. The molecule has 0 atom stereocenters. The van der Waals surface area contributed by atoms with Crippen molar-refractivity contribution < 1.29 is 0 Å². The van der Waals surface area contributed by atoms with Crippen LogP contribution in [-0.4, -0.2) is 15.0 Å². The van der Waals surface area contributed by atoms with Crippen LogP contribution in [-0.2, 0) is 0 Å². The molecule has 0 saturated heterocycles. The van der Waals surface area contributed by atoms with E-state index < -0.39 is 0 Å². The van der Waals surface area contributed by atoms with Gasteiger partial charge in [-0.2, -0.15) is 0 Å². The second kappa shape index (κ2) is 17.1. The van der Waals surface area contributed by atoms with Crippen molar-refractivity contribution >= 4 is 10.8 Å². The van der Waals surface area contributed by atoms with Gasteiger partial charge in [-0.1, -0.05) is 249 Å². The van der Waals surface area contributed by atoms with Crippen LogP contribution in [0.1, 0.15) is 0 Å². The van der Waals surface area contributed by atoms with Gasteiger partial charge in [0.05, 0.1) is 0 Å². The topological polar surface area (TPSA) is 38.7 Å². The molecule has 11 rings (SSSR count). The summed E-state index contributed by atoms with van der Waals surface area (Å²) in [7, 11) is 0. The fraction of sp³-hybridized carbons (Fsp3) is 0. The van der Waals surface area contributed by atoms with Crippen LogP contribution in [0.25, 0.3) is 112 Å². The molecule has 0 radical (unpaired) electrons. The molecule has 1 aromatic heterocycles. The number of hydrogen-bond acceptors (Lipinski definition) is 3. The van der Waals surface area contributed by atoms with Crippen molar-refractivity contribution in [1.82, 2.24) is 15.0 Å². The molecule has 0 aliphatic rings. The maximum atomic E-state index is 5.44. The largest absolute Gasteiger partial charge is 0.208 e. The van der Waals surface area contributed by atoms with Crippen LogP contribution in [0.5, 0.6) is 0 Å². The van der Waals surface area contributed by atoms with Crippen LogP contribution in [0, 0.1) is 0 Å². The highest BCUT2D eigenvalue weighted by atomic mass is 15.0. The summed E-state index contributed by atoms with van der Waals surface area (Å²) in [6.07, 6.45) is 0. The zero-order valence-corrected chi connectivity index (χ0v) is 35.0. The van der Waals surface area contributed by atoms with Crippen molar-refractivity contribution in [2.75, 3.05) is 0 Å². The van der Waals surface area contributed by atoms with Crippen molar-refractivity contribution in [3.8, 4) is 101 Å². The lowest BCUT2D eigenvalue weighted by molar-refractivity contribution is 1.08. The first kappa shape index (κ1) is 38.4. The smallest absolute Gasteiger partial charge is 0.164 e. The molecule has 0 N–H and O–H groups in total. The van der Waals surface area contributed by atoms with Gasteiger partial charge in [0.15, 0.2) is 17.5 Å². The summed E-state index contributed by atoms with van der Waals surface area (Å²) in [6.45, 7) is 0. The Hall–Kier alpha value is -8.53. The second-order valence-corrected chi connectivity index (χ2v) is 15.8. The van der Waals surface area contributed by atoms with E-state index in [1.54, 1.807) is 0 Å². The molecule has 1 heterocycles. The Morgan fingerprint density at radius 3 is 0.938 bits per heavy atom. The van der Waals surface area contributed by atoms with Crippen LogP contribution in [0.2, 0.25) is 0 Å². The molecule has 64 heavy (non-hydrogen) atoms. The molecule has 10 aromatic carbocycles. The summed E-state index contributed by atoms with van der Waals surface area (Å²) in [6, 6.07) is 88.0. The predicted octanol–water partition coefficient (Wildman–Crippen LogP) is 16.0. The summed E-state index contributed by atoms with van der Waals surface area (Å²) in [5.41, 5.74) is 16.2. The summed E-state index contributed by atoms with van der Waals surface area (Å²) in [5, 5.41) is 2.22. The van der Waals surface area contributed by atoms with Crippen molar-refractivity contribution in [2.24, 2.45) is 0 Å². The minimum Gasteiger partial charge on any atom is -0.208 e. The van der Waals surface area contributed by atoms with Crippen LogP contribution >= 0.6 is 0 Å². The summed E-state index contributed by atoms with van der Waals surface area (Å²) >= 11 is 0. The van der Waals surface area contributed by atoms with Crippen molar-refractivity contribution in [2.45, 2.75) is 0 Å². The van der Waals surface area contributed by atoms with Crippen molar-refractivity contribution in [3.05, 3.63) is 249 Å². The standard InChI is InChI=1S/C61H41N3/c1-7-25-43(26-8-1)53-54(44-27-9-2-10-28-44)56(46-31-13-4-14-32-46)58(57(47-33-15-5-16-34-47)55(53)45-29-11-3-12-30-45)50-39-21-22-40-52(50)61-63-59(48-35-17-6-18-36-48)62-60(64-61)51-41-23-37-42-24-19-20-38-49(42)51/h1-41H. The van der Waals surface area contributed by atoms with E-state index in [4.69, 9.17) is 15.0 Å². The van der Waals surface area contributed by atoms with Crippen molar-refractivity contribution in [3.63, 3.8) is 0 Å². The molecule has 0 fully saturated rings. The fourth-order valence-corrected chi connectivity index (χ4v) is 9.14. The Morgan fingerprint density at radius 2 is 0.484 bits per heavy atom. The summed E-state index contributed by atoms with van der Waals surface area (Å²) in [5.74, 6) is 1.83. The van der Waals surface area contributed by atoms with E-state index in [2.05, 4.69) is 231 Å². The summed E-state index contributed by atoms with van der Waals surface area (Å²) < 4.78 is 0. The molecule has 0 amide bonds. The van der Waals surface area contributed by atoms with Crippen LogP contribution in [0.15, 0.2) is 249 Å². The molecule has 0 unspecified atom stereocenters. The third-order valence-electron chi connectivity index (χ3n) is 11.9. The van der Waals surface area contributed by atoms with E-state index in [1.165, 1.54) is 5.56 Å². The summed E-state index contributed by atoms with van der Waals surface area (Å²) in [4.78, 5) is 16.0. The van der Waals surface area contributed by atoms with Gasteiger partial charge in [0.25, 0.3) is 0 Å². The lowest BCUT2D eigenvalue weighted by Gasteiger charge is -2.29. The third kappa shape index (κ3) is 7.15. The van der Waals surface area contributed by atoms with Gasteiger partial charge < -0.3 is 0 Å². The zero-order valence-electron chi connectivity index (χ0n) is 35.0. The maximum Gasteiger partial charge on any atom is 0.164 e. The predicted molar refractivity (Wildman–Crippen MR) is 266 cm³/mol. The first-order valence-electron chi connectivity index (χ1n) is 21.7. The lowest BCUT2D eigenvalue weighted by atomic mass is 9.73. The van der Waals surface area contributed by atoms with E-state index in [0.29, 0.717) is 17.5 Å². The Balaban J connectivity index is 1.33. The molecule has 3 nitrogen and oxygen atoms in total. The van der Waals surface area contributed by atoms with Gasteiger partial charge in [0.1, 0.15) is 0 Å². The molecular formula is C61H41N3. The molecule has 0 aliphatic carbocycles. The fourth-order valence-electron chi connectivity index (χ4n) is 9.14. The Labute approximate surface area is 373 Å². The molecular weight excluding hydrogens is 775 g/mol. The number of benzene rings is 10. The Kier molecular flexibility index (Phi) is 10.3. The Bertz CT molecular complexity index is 3280. The molecule has 11 aromatic rings. The van der Waals surface area contributed by atoms with Gasteiger partial charge >= 0.3 is 0 Å². The maximum absolute atomic E-state index is 5.44. The van der Waals surface area contributed by atoms with Crippen molar-refractivity contribution in [1.29, 1.82) is 0 Å². The van der Waals surface area contributed by atoms with E-state index in [-0.39, 0.29) is 0 Å². The normalized spacial score (nSPS) is 11.1. The van der Waals surface area contributed by atoms with Gasteiger partial charge in [-0.15, -0.1) is 0 Å². The quantitative estimate of drug-likeness (QED) is 0.146. The van der Waals surface area contributed by atoms with Gasteiger partial charge in [0, 0.05) is 16.7 Å². The van der Waals surface area contributed by atoms with E-state index in [0.717, 1.165) is 88.7 Å². The number of nitrogens with zero attached hydrogens (tertiary/aromatic N) is 3. The number of fused-ring (bicyclic) bond motifs is 1. The van der Waals surface area contributed by atoms with E-state index in [9.17, 15) is 0 Å². The third-order valence-corrected chi connectivity index (χ3v) is 11.9. The monoisotopic (exact) mass is 815 g/mol. The van der Waals surface area contributed by atoms with Gasteiger partial charge in [-0.05, 0) is 77.5 Å². The molecule has 0 saturated carbocycles. The number of rotatable bonds is 9. The molecule has 0 aliphatic heterocycles. The molecule has 0 spiro atoms. The minimum atomic E-state index is 0.597. The average molecular weight is 816 g/mol. The van der Waals surface area contributed by atoms with Gasteiger partial charge in [-0.3, -0.25) is 0 Å². The first-order valence-corrected chi connectivity index (χ1v) is 21.7. The highest BCUT2D eigenvalue weighted by molar-refractivity contribution is 6.16.